The van der Waals surface area contributed by atoms with E-state index in [0.29, 0.717) is 47.6 Å². The summed E-state index contributed by atoms with van der Waals surface area (Å²) in [6.07, 6.45) is 1.58. The first-order valence-corrected chi connectivity index (χ1v) is 11.2. The van der Waals surface area contributed by atoms with Gasteiger partial charge in [-0.15, -0.1) is 0 Å². The summed E-state index contributed by atoms with van der Waals surface area (Å²) in [5, 5.41) is 20.0. The Morgan fingerprint density at radius 2 is 1.57 bits per heavy atom. The molecule has 2 aromatic rings. The standard InChI is InChI=1S/C26H29NO8/c1-33-18-11-8-16(9-12-18)24(30)22-23(17-10-13-19(34-2)20(15-17)35-3)27(26(32)25(22)31)14-6-4-5-7-21(28)29/h8-13,15,23,30H,4-7,14H2,1-3H3,(H,28,29). The van der Waals surface area contributed by atoms with Crippen molar-refractivity contribution in [3.05, 3.63) is 59.2 Å². The third-order valence-corrected chi connectivity index (χ3v) is 5.92. The highest BCUT2D eigenvalue weighted by atomic mass is 16.5. The van der Waals surface area contributed by atoms with Gasteiger partial charge in [-0.3, -0.25) is 14.4 Å². The second kappa shape index (κ2) is 11.4. The number of likely N-dealkylation sites (tertiary alicyclic amines) is 1. The van der Waals surface area contributed by atoms with E-state index in [4.69, 9.17) is 19.3 Å². The van der Waals surface area contributed by atoms with Crippen LogP contribution in [0.1, 0.15) is 42.9 Å². The second-order valence-corrected chi connectivity index (χ2v) is 8.04. The maximum Gasteiger partial charge on any atom is 0.303 e. The average Bonchev–Trinajstić information content (AvgIpc) is 3.12. The molecule has 1 heterocycles. The number of carbonyl (C=O) groups excluding carboxylic acids is 2. The van der Waals surface area contributed by atoms with Gasteiger partial charge in [0.15, 0.2) is 11.5 Å². The summed E-state index contributed by atoms with van der Waals surface area (Å²) in [4.78, 5) is 38.4. The summed E-state index contributed by atoms with van der Waals surface area (Å²) in [6.45, 7) is 0.225. The van der Waals surface area contributed by atoms with Gasteiger partial charge in [0.2, 0.25) is 0 Å². The number of Topliss-reactive ketones (excluding diaryl/α,β-unsaturated/α-hetero) is 1. The van der Waals surface area contributed by atoms with E-state index >= 15 is 0 Å². The number of ketones is 1. The number of methoxy groups -OCH3 is 3. The van der Waals surface area contributed by atoms with Crippen LogP contribution >= 0.6 is 0 Å². The van der Waals surface area contributed by atoms with Crippen LogP contribution < -0.4 is 14.2 Å². The zero-order valence-corrected chi connectivity index (χ0v) is 19.9. The van der Waals surface area contributed by atoms with Crippen molar-refractivity contribution >= 4 is 23.4 Å². The van der Waals surface area contributed by atoms with Gasteiger partial charge in [-0.2, -0.15) is 0 Å². The molecule has 0 spiro atoms. The van der Waals surface area contributed by atoms with Gasteiger partial charge in [0, 0.05) is 18.5 Å². The van der Waals surface area contributed by atoms with Crippen LogP contribution in [0.3, 0.4) is 0 Å². The van der Waals surface area contributed by atoms with E-state index in [0.717, 1.165) is 0 Å². The van der Waals surface area contributed by atoms with Crippen LogP contribution in [0.4, 0.5) is 0 Å². The van der Waals surface area contributed by atoms with Crippen molar-refractivity contribution in [3.63, 3.8) is 0 Å². The number of ether oxygens (including phenoxy) is 3. The van der Waals surface area contributed by atoms with E-state index < -0.39 is 23.7 Å². The van der Waals surface area contributed by atoms with Crippen molar-refractivity contribution in [2.24, 2.45) is 0 Å². The van der Waals surface area contributed by atoms with E-state index in [1.54, 1.807) is 42.5 Å². The highest BCUT2D eigenvalue weighted by Crippen LogP contribution is 2.42. The van der Waals surface area contributed by atoms with E-state index in [1.807, 2.05) is 0 Å². The van der Waals surface area contributed by atoms with Crippen LogP contribution in [-0.2, 0) is 14.4 Å². The quantitative estimate of drug-likeness (QED) is 0.214. The molecule has 0 aliphatic carbocycles. The normalized spacial score (nSPS) is 16.9. The Labute approximate surface area is 203 Å². The Morgan fingerprint density at radius 3 is 2.17 bits per heavy atom. The molecule has 35 heavy (non-hydrogen) atoms. The summed E-state index contributed by atoms with van der Waals surface area (Å²) in [5.41, 5.74) is 0.913. The number of aliphatic hydroxyl groups excluding tert-OH is 1. The number of carbonyl (C=O) groups is 3. The lowest BCUT2D eigenvalue weighted by Crippen LogP contribution is -2.30. The zero-order valence-electron chi connectivity index (χ0n) is 19.9. The van der Waals surface area contributed by atoms with Gasteiger partial charge in [-0.25, -0.2) is 0 Å². The van der Waals surface area contributed by atoms with Crippen LogP contribution in [0, 0.1) is 0 Å². The van der Waals surface area contributed by atoms with Gasteiger partial charge in [0.1, 0.15) is 11.5 Å². The van der Waals surface area contributed by atoms with Gasteiger partial charge < -0.3 is 29.3 Å². The highest BCUT2D eigenvalue weighted by molar-refractivity contribution is 6.46. The van der Waals surface area contributed by atoms with Gasteiger partial charge in [0.05, 0.1) is 32.9 Å². The molecule has 0 saturated carbocycles. The topological polar surface area (TPSA) is 123 Å². The minimum Gasteiger partial charge on any atom is -0.507 e. The Balaban J connectivity index is 2.04. The second-order valence-electron chi connectivity index (χ2n) is 8.04. The third kappa shape index (κ3) is 5.56. The van der Waals surface area contributed by atoms with Crippen molar-refractivity contribution in [2.75, 3.05) is 27.9 Å². The molecule has 9 nitrogen and oxygen atoms in total. The lowest BCUT2D eigenvalue weighted by Gasteiger charge is -2.26. The molecule has 2 N–H and O–H groups in total. The highest BCUT2D eigenvalue weighted by Gasteiger charge is 2.46. The maximum absolute atomic E-state index is 13.1. The summed E-state index contributed by atoms with van der Waals surface area (Å²) >= 11 is 0. The van der Waals surface area contributed by atoms with Crippen LogP contribution in [0.5, 0.6) is 17.2 Å². The van der Waals surface area contributed by atoms with Crippen molar-refractivity contribution < 1.29 is 38.8 Å². The molecule has 2 aromatic carbocycles. The molecular weight excluding hydrogens is 454 g/mol. The lowest BCUT2D eigenvalue weighted by molar-refractivity contribution is -0.140. The monoisotopic (exact) mass is 483 g/mol. The fraction of sp³-hybridized carbons (Fsp3) is 0.346. The maximum atomic E-state index is 13.1. The Bertz CT molecular complexity index is 1120. The fourth-order valence-electron chi connectivity index (χ4n) is 4.12. The number of benzene rings is 2. The molecule has 1 saturated heterocycles. The first kappa shape index (κ1) is 25.6. The largest absolute Gasteiger partial charge is 0.507 e. The van der Waals surface area contributed by atoms with E-state index in [-0.39, 0.29) is 24.3 Å². The Morgan fingerprint density at radius 1 is 0.886 bits per heavy atom. The van der Waals surface area contributed by atoms with Crippen LogP contribution in [0.25, 0.3) is 5.76 Å². The minimum atomic E-state index is -0.879. The Hall–Kier alpha value is -4.01. The molecule has 1 unspecified atom stereocenters. The minimum absolute atomic E-state index is 0.0297. The van der Waals surface area contributed by atoms with Crippen molar-refractivity contribution in [1.82, 2.24) is 4.90 Å². The summed E-state index contributed by atoms with van der Waals surface area (Å²) in [6, 6.07) is 10.7. The number of hydrogen-bond acceptors (Lipinski definition) is 7. The number of aliphatic carboxylic acids is 1. The van der Waals surface area contributed by atoms with Crippen LogP contribution in [-0.4, -0.2) is 60.6 Å². The first-order valence-electron chi connectivity index (χ1n) is 11.2. The molecule has 0 aromatic heterocycles. The molecule has 3 rings (SSSR count). The van der Waals surface area contributed by atoms with Crippen molar-refractivity contribution in [3.8, 4) is 17.2 Å². The lowest BCUT2D eigenvalue weighted by atomic mass is 9.95. The van der Waals surface area contributed by atoms with Gasteiger partial charge in [-0.1, -0.05) is 12.5 Å². The molecule has 1 aliphatic rings. The van der Waals surface area contributed by atoms with Gasteiger partial charge >= 0.3 is 5.97 Å². The molecule has 1 aliphatic heterocycles. The molecule has 186 valence electrons. The predicted molar refractivity (Wildman–Crippen MR) is 128 cm³/mol. The van der Waals surface area contributed by atoms with Crippen molar-refractivity contribution in [2.45, 2.75) is 31.7 Å². The van der Waals surface area contributed by atoms with E-state index in [1.165, 1.54) is 26.2 Å². The molecular formula is C26H29NO8. The summed E-state index contributed by atoms with van der Waals surface area (Å²) in [7, 11) is 4.51. The zero-order chi connectivity index (χ0) is 25.5. The Kier molecular flexibility index (Phi) is 8.35. The van der Waals surface area contributed by atoms with Gasteiger partial charge in [0.25, 0.3) is 11.7 Å². The molecule has 1 amide bonds. The average molecular weight is 484 g/mol. The molecule has 0 radical (unpaired) electrons. The molecule has 1 fully saturated rings. The van der Waals surface area contributed by atoms with E-state index in [2.05, 4.69) is 0 Å². The predicted octanol–water partition coefficient (Wildman–Crippen LogP) is 3.78. The number of rotatable bonds is 11. The third-order valence-electron chi connectivity index (χ3n) is 5.92. The van der Waals surface area contributed by atoms with Crippen LogP contribution in [0.15, 0.2) is 48.0 Å². The summed E-state index contributed by atoms with van der Waals surface area (Å²) in [5.74, 6) is -1.20. The number of hydrogen-bond donors (Lipinski definition) is 2. The smallest absolute Gasteiger partial charge is 0.303 e. The fourth-order valence-corrected chi connectivity index (χ4v) is 4.12. The van der Waals surface area contributed by atoms with Gasteiger partial charge in [-0.05, 0) is 54.8 Å². The van der Waals surface area contributed by atoms with E-state index in [9.17, 15) is 19.5 Å². The van der Waals surface area contributed by atoms with Crippen LogP contribution in [0.2, 0.25) is 0 Å². The summed E-state index contributed by atoms with van der Waals surface area (Å²) < 4.78 is 15.9. The molecule has 0 bridgehead atoms. The van der Waals surface area contributed by atoms with Crippen molar-refractivity contribution in [1.29, 1.82) is 0 Å². The number of aliphatic hydroxyl groups is 1. The number of amides is 1. The number of carboxylic acid groups (broad SMARTS) is 1. The SMILES string of the molecule is COc1ccc(C(O)=C2C(=O)C(=O)N(CCCCCC(=O)O)C2c2ccc(OC)c(OC)c2)cc1. The molecule has 9 heteroatoms. The number of unbranched alkanes of at least 4 members (excludes halogenated alkanes) is 2. The number of carboxylic acids is 1. The first-order chi connectivity index (χ1) is 16.8. The molecule has 1 atom stereocenters. The number of nitrogens with zero attached hydrogens (tertiary/aromatic N) is 1.